The van der Waals surface area contributed by atoms with Crippen LogP contribution >= 0.6 is 22.6 Å². The van der Waals surface area contributed by atoms with Crippen molar-refractivity contribution in [1.29, 1.82) is 0 Å². The Bertz CT molecular complexity index is 880. The fourth-order valence-electron chi connectivity index (χ4n) is 2.04. The zero-order valence-corrected chi connectivity index (χ0v) is 16.0. The molecule has 0 unspecified atom stereocenters. The quantitative estimate of drug-likeness (QED) is 0.645. The zero-order chi connectivity index (χ0) is 17.9. The van der Waals surface area contributed by atoms with Gasteiger partial charge in [-0.3, -0.25) is 4.72 Å². The first-order chi connectivity index (χ1) is 11.2. The lowest BCUT2D eigenvalue weighted by molar-refractivity contribution is -0.139. The highest BCUT2D eigenvalue weighted by Gasteiger charge is 2.17. The number of ether oxygens (including phenoxy) is 1. The summed E-state index contributed by atoms with van der Waals surface area (Å²) in [6.07, 6.45) is 0. The molecule has 0 bridgehead atoms. The predicted octanol–water partition coefficient (Wildman–Crippen LogP) is 3.17. The van der Waals surface area contributed by atoms with Gasteiger partial charge in [-0.05, 0) is 84.0 Å². The molecule has 2 rings (SSSR count). The van der Waals surface area contributed by atoms with E-state index in [1.165, 1.54) is 18.2 Å². The van der Waals surface area contributed by atoms with Gasteiger partial charge in [-0.15, -0.1) is 0 Å². The number of carboxylic acids is 1. The maximum absolute atomic E-state index is 12.5. The van der Waals surface area contributed by atoms with Crippen LogP contribution in [0.3, 0.4) is 0 Å². The number of halogens is 1. The molecule has 0 aliphatic rings. The van der Waals surface area contributed by atoms with Gasteiger partial charge in [-0.25, -0.2) is 13.2 Å². The molecule has 0 radical (unpaired) electrons. The lowest BCUT2D eigenvalue weighted by atomic mass is 10.2. The average molecular weight is 461 g/mol. The molecule has 0 aliphatic heterocycles. The van der Waals surface area contributed by atoms with Crippen LogP contribution < -0.4 is 9.46 Å². The second-order valence-corrected chi connectivity index (χ2v) is 8.10. The topological polar surface area (TPSA) is 92.7 Å². The lowest BCUT2D eigenvalue weighted by Crippen LogP contribution is -2.14. The number of aliphatic carboxylic acids is 1. The third-order valence-electron chi connectivity index (χ3n) is 3.24. The number of nitrogens with one attached hydrogen (secondary N) is 1. The van der Waals surface area contributed by atoms with Gasteiger partial charge >= 0.3 is 5.97 Å². The van der Waals surface area contributed by atoms with Crippen molar-refractivity contribution in [2.75, 3.05) is 11.3 Å². The van der Waals surface area contributed by atoms with E-state index in [2.05, 4.69) is 27.3 Å². The van der Waals surface area contributed by atoms with Crippen LogP contribution in [0.5, 0.6) is 5.75 Å². The summed E-state index contributed by atoms with van der Waals surface area (Å²) >= 11 is 2.16. The molecular weight excluding hydrogens is 445 g/mol. The third kappa shape index (κ3) is 4.60. The molecular formula is C16H16INO5S. The molecule has 0 saturated carbocycles. The van der Waals surface area contributed by atoms with Crippen molar-refractivity contribution in [2.45, 2.75) is 18.7 Å². The smallest absolute Gasteiger partial charge is 0.341 e. The Kier molecular flexibility index (Phi) is 5.70. The molecule has 2 aromatic rings. The predicted molar refractivity (Wildman–Crippen MR) is 99.0 cm³/mol. The third-order valence-corrected chi connectivity index (χ3v) is 5.27. The fraction of sp³-hybridized carbons (Fsp3) is 0.188. The molecule has 0 atom stereocenters. The van der Waals surface area contributed by atoms with E-state index >= 15 is 0 Å². The zero-order valence-electron chi connectivity index (χ0n) is 13.0. The van der Waals surface area contributed by atoms with Gasteiger partial charge in [0, 0.05) is 3.57 Å². The first-order valence-corrected chi connectivity index (χ1v) is 9.49. The number of rotatable bonds is 6. The molecule has 0 aliphatic carbocycles. The van der Waals surface area contributed by atoms with E-state index in [4.69, 9.17) is 9.84 Å². The molecule has 8 heteroatoms. The van der Waals surface area contributed by atoms with Crippen molar-refractivity contribution in [3.63, 3.8) is 0 Å². The largest absolute Gasteiger partial charge is 0.482 e. The Morgan fingerprint density at radius 2 is 1.88 bits per heavy atom. The normalized spacial score (nSPS) is 11.1. The molecule has 0 amide bonds. The number of aryl methyl sites for hydroxylation is 2. The average Bonchev–Trinajstić information content (AvgIpc) is 2.48. The highest BCUT2D eigenvalue weighted by Crippen LogP contribution is 2.25. The molecule has 6 nitrogen and oxygen atoms in total. The maximum Gasteiger partial charge on any atom is 0.341 e. The summed E-state index contributed by atoms with van der Waals surface area (Å²) in [5, 5.41) is 8.63. The van der Waals surface area contributed by atoms with Gasteiger partial charge in [-0.2, -0.15) is 0 Å². The Labute approximate surface area is 154 Å². The van der Waals surface area contributed by atoms with Crippen LogP contribution in [0.25, 0.3) is 0 Å². The maximum atomic E-state index is 12.5. The number of carbonyl (C=O) groups is 1. The number of carboxylic acid groups (broad SMARTS) is 1. The molecule has 2 N–H and O–H groups in total. The van der Waals surface area contributed by atoms with Gasteiger partial charge in [0.2, 0.25) is 0 Å². The van der Waals surface area contributed by atoms with Gasteiger partial charge < -0.3 is 9.84 Å². The highest BCUT2D eigenvalue weighted by molar-refractivity contribution is 14.1. The molecule has 0 aromatic heterocycles. The molecule has 0 heterocycles. The van der Waals surface area contributed by atoms with E-state index in [9.17, 15) is 13.2 Å². The van der Waals surface area contributed by atoms with E-state index in [1.54, 1.807) is 13.0 Å². The van der Waals surface area contributed by atoms with Crippen LogP contribution in [0.4, 0.5) is 5.69 Å². The van der Waals surface area contributed by atoms with Crippen molar-refractivity contribution in [2.24, 2.45) is 0 Å². The van der Waals surface area contributed by atoms with Crippen LogP contribution in [0.1, 0.15) is 11.1 Å². The first kappa shape index (κ1) is 18.5. The van der Waals surface area contributed by atoms with Crippen molar-refractivity contribution in [3.05, 3.63) is 51.1 Å². The number of benzene rings is 2. The van der Waals surface area contributed by atoms with Crippen LogP contribution in [0, 0.1) is 17.4 Å². The number of hydrogen-bond donors (Lipinski definition) is 2. The minimum atomic E-state index is -3.74. The van der Waals surface area contributed by atoms with Crippen molar-refractivity contribution in [3.8, 4) is 5.75 Å². The Hall–Kier alpha value is -1.81. The summed E-state index contributed by atoms with van der Waals surface area (Å²) < 4.78 is 33.7. The van der Waals surface area contributed by atoms with Crippen LogP contribution in [-0.2, 0) is 14.8 Å². The molecule has 2 aromatic carbocycles. The summed E-state index contributed by atoms with van der Waals surface area (Å²) in [6.45, 7) is 3.01. The molecule has 128 valence electrons. The van der Waals surface area contributed by atoms with E-state index in [-0.39, 0.29) is 4.90 Å². The standard InChI is InChI=1S/C16H16INO5S/c1-10-7-12(17)3-5-14(10)18-24(21,22)13-4-6-15(11(2)8-13)23-9-16(19)20/h3-8,18H,9H2,1-2H3,(H,19,20). The summed E-state index contributed by atoms with van der Waals surface area (Å²) in [4.78, 5) is 10.6. The lowest BCUT2D eigenvalue weighted by Gasteiger charge is -2.13. The number of sulfonamides is 1. The SMILES string of the molecule is Cc1cc(I)ccc1NS(=O)(=O)c1ccc(OCC(=O)O)c(C)c1. The van der Waals surface area contributed by atoms with Crippen molar-refractivity contribution in [1.82, 2.24) is 0 Å². The Balaban J connectivity index is 2.26. The summed E-state index contributed by atoms with van der Waals surface area (Å²) in [6, 6.07) is 9.70. The Morgan fingerprint density at radius 3 is 2.46 bits per heavy atom. The first-order valence-electron chi connectivity index (χ1n) is 6.93. The van der Waals surface area contributed by atoms with Gasteiger partial charge in [0.15, 0.2) is 6.61 Å². The second kappa shape index (κ2) is 7.39. The number of anilines is 1. The van der Waals surface area contributed by atoms with Gasteiger partial charge in [-0.1, -0.05) is 0 Å². The highest BCUT2D eigenvalue weighted by atomic mass is 127. The molecule has 0 fully saturated rings. The minimum Gasteiger partial charge on any atom is -0.482 e. The fourth-order valence-corrected chi connectivity index (χ4v) is 3.90. The van der Waals surface area contributed by atoms with E-state index in [0.717, 1.165) is 9.13 Å². The van der Waals surface area contributed by atoms with E-state index in [0.29, 0.717) is 17.0 Å². The van der Waals surface area contributed by atoms with Gasteiger partial charge in [0.1, 0.15) is 5.75 Å². The van der Waals surface area contributed by atoms with E-state index < -0.39 is 22.6 Å². The van der Waals surface area contributed by atoms with Gasteiger partial charge in [0.05, 0.1) is 10.6 Å². The summed E-state index contributed by atoms with van der Waals surface area (Å²) in [5.74, 6) is -0.760. The van der Waals surface area contributed by atoms with Crippen molar-refractivity contribution >= 4 is 44.3 Å². The molecule has 0 saturated heterocycles. The Morgan fingerprint density at radius 1 is 1.17 bits per heavy atom. The van der Waals surface area contributed by atoms with Gasteiger partial charge in [0.25, 0.3) is 10.0 Å². The molecule has 0 spiro atoms. The van der Waals surface area contributed by atoms with Crippen LogP contribution in [-0.4, -0.2) is 26.1 Å². The van der Waals surface area contributed by atoms with Crippen LogP contribution in [0.15, 0.2) is 41.3 Å². The monoisotopic (exact) mass is 461 g/mol. The molecule has 24 heavy (non-hydrogen) atoms. The summed E-state index contributed by atoms with van der Waals surface area (Å²) in [7, 11) is -3.74. The van der Waals surface area contributed by atoms with E-state index in [1.807, 2.05) is 19.1 Å². The van der Waals surface area contributed by atoms with Crippen LogP contribution in [0.2, 0.25) is 0 Å². The number of hydrogen-bond acceptors (Lipinski definition) is 4. The minimum absolute atomic E-state index is 0.0839. The van der Waals surface area contributed by atoms with Crippen molar-refractivity contribution < 1.29 is 23.1 Å². The second-order valence-electron chi connectivity index (χ2n) is 5.17. The summed E-state index contributed by atoms with van der Waals surface area (Å²) in [5.41, 5.74) is 1.88.